The molecule has 2 heterocycles. The van der Waals surface area contributed by atoms with E-state index in [4.69, 9.17) is 0 Å². The van der Waals surface area contributed by atoms with Crippen LogP contribution in [0.3, 0.4) is 0 Å². The third-order valence-corrected chi connectivity index (χ3v) is 5.34. The first-order chi connectivity index (χ1) is 8.43. The van der Waals surface area contributed by atoms with Gasteiger partial charge in [0.05, 0.1) is 5.69 Å². The molecular formula is C12H21N3O2S. The minimum absolute atomic E-state index is 0.175. The van der Waals surface area contributed by atoms with E-state index in [0.717, 1.165) is 19.3 Å². The minimum Gasteiger partial charge on any atom is -0.269 e. The van der Waals surface area contributed by atoms with Crippen LogP contribution < -0.4 is 0 Å². The van der Waals surface area contributed by atoms with E-state index >= 15 is 0 Å². The third kappa shape index (κ3) is 2.44. The molecule has 0 spiro atoms. The lowest BCUT2D eigenvalue weighted by Gasteiger charge is -2.25. The Balaban J connectivity index is 2.34. The molecule has 0 bridgehead atoms. The van der Waals surface area contributed by atoms with Crippen LogP contribution >= 0.6 is 0 Å². The fourth-order valence-electron chi connectivity index (χ4n) is 2.23. The molecule has 0 aromatic carbocycles. The summed E-state index contributed by atoms with van der Waals surface area (Å²) in [6.45, 7) is 7.01. The van der Waals surface area contributed by atoms with Gasteiger partial charge < -0.3 is 0 Å². The molecule has 5 nitrogen and oxygen atoms in total. The Morgan fingerprint density at radius 3 is 2.33 bits per heavy atom. The first kappa shape index (κ1) is 13.5. The molecule has 1 aliphatic heterocycles. The normalized spacial score (nSPS) is 18.4. The van der Waals surface area contributed by atoms with Crippen LogP contribution in [0.1, 0.15) is 44.8 Å². The van der Waals surface area contributed by atoms with Gasteiger partial charge in [0, 0.05) is 25.3 Å². The van der Waals surface area contributed by atoms with Crippen LogP contribution in [0.5, 0.6) is 0 Å². The quantitative estimate of drug-likeness (QED) is 0.844. The highest BCUT2D eigenvalue weighted by atomic mass is 32.2. The zero-order valence-corrected chi connectivity index (χ0v) is 12.1. The van der Waals surface area contributed by atoms with Gasteiger partial charge in [0.2, 0.25) is 10.0 Å². The standard InChI is InChI=1S/C12H21N3O2S/c1-10(2)15-9-12(11(3)13-15)18(16,17)14-7-5-4-6-8-14/h9-10H,4-8H2,1-3H3. The highest BCUT2D eigenvalue weighted by molar-refractivity contribution is 7.89. The van der Waals surface area contributed by atoms with Gasteiger partial charge in [0.15, 0.2) is 0 Å². The first-order valence-electron chi connectivity index (χ1n) is 6.49. The Kier molecular flexibility index (Phi) is 3.77. The van der Waals surface area contributed by atoms with Crippen LogP contribution in [-0.2, 0) is 10.0 Å². The van der Waals surface area contributed by atoms with Crippen LogP contribution in [0.25, 0.3) is 0 Å². The second-order valence-electron chi connectivity index (χ2n) is 5.12. The van der Waals surface area contributed by atoms with Gasteiger partial charge in [-0.3, -0.25) is 4.68 Å². The number of nitrogens with zero attached hydrogens (tertiary/aromatic N) is 3. The summed E-state index contributed by atoms with van der Waals surface area (Å²) in [5, 5.41) is 4.28. The van der Waals surface area contributed by atoms with E-state index in [1.807, 2.05) is 13.8 Å². The van der Waals surface area contributed by atoms with Crippen molar-refractivity contribution in [2.75, 3.05) is 13.1 Å². The maximum atomic E-state index is 12.5. The van der Waals surface area contributed by atoms with E-state index in [0.29, 0.717) is 23.7 Å². The van der Waals surface area contributed by atoms with Crippen molar-refractivity contribution in [2.24, 2.45) is 0 Å². The van der Waals surface area contributed by atoms with Crippen LogP contribution in [0.15, 0.2) is 11.1 Å². The summed E-state index contributed by atoms with van der Waals surface area (Å²) in [5.41, 5.74) is 0.592. The Bertz CT molecular complexity index is 513. The first-order valence-corrected chi connectivity index (χ1v) is 7.93. The predicted molar refractivity (Wildman–Crippen MR) is 70.0 cm³/mol. The van der Waals surface area contributed by atoms with Gasteiger partial charge in [-0.1, -0.05) is 6.42 Å². The minimum atomic E-state index is -3.36. The van der Waals surface area contributed by atoms with Crippen LogP contribution in [0.4, 0.5) is 0 Å². The van der Waals surface area contributed by atoms with Gasteiger partial charge in [-0.2, -0.15) is 9.40 Å². The van der Waals surface area contributed by atoms with E-state index in [-0.39, 0.29) is 6.04 Å². The molecule has 0 N–H and O–H groups in total. The smallest absolute Gasteiger partial charge is 0.246 e. The van der Waals surface area contributed by atoms with E-state index < -0.39 is 10.0 Å². The van der Waals surface area contributed by atoms with Gasteiger partial charge >= 0.3 is 0 Å². The average Bonchev–Trinajstić information content (AvgIpc) is 2.73. The van der Waals surface area contributed by atoms with Crippen LogP contribution in [0.2, 0.25) is 0 Å². The highest BCUT2D eigenvalue weighted by Gasteiger charge is 2.29. The van der Waals surface area contributed by atoms with Crippen molar-refractivity contribution in [2.45, 2.75) is 51.0 Å². The maximum absolute atomic E-state index is 12.5. The topological polar surface area (TPSA) is 55.2 Å². The fraction of sp³-hybridized carbons (Fsp3) is 0.750. The number of rotatable bonds is 3. The van der Waals surface area contributed by atoms with E-state index in [2.05, 4.69) is 5.10 Å². The molecule has 1 aromatic heterocycles. The highest BCUT2D eigenvalue weighted by Crippen LogP contribution is 2.23. The van der Waals surface area contributed by atoms with Crippen molar-refractivity contribution in [1.82, 2.24) is 14.1 Å². The SMILES string of the molecule is Cc1nn(C(C)C)cc1S(=O)(=O)N1CCCCC1. The summed E-state index contributed by atoms with van der Waals surface area (Å²) in [6, 6.07) is 0.175. The van der Waals surface area contributed by atoms with Gasteiger partial charge in [0.1, 0.15) is 4.90 Å². The second-order valence-corrected chi connectivity index (χ2v) is 7.02. The van der Waals surface area contributed by atoms with E-state index in [1.54, 1.807) is 22.1 Å². The number of hydrogen-bond acceptors (Lipinski definition) is 3. The third-order valence-electron chi connectivity index (χ3n) is 3.33. The Morgan fingerprint density at radius 2 is 1.83 bits per heavy atom. The zero-order chi connectivity index (χ0) is 13.3. The zero-order valence-electron chi connectivity index (χ0n) is 11.3. The van der Waals surface area contributed by atoms with Gasteiger partial charge in [-0.05, 0) is 33.6 Å². The van der Waals surface area contributed by atoms with Crippen molar-refractivity contribution in [3.63, 3.8) is 0 Å². The number of sulfonamides is 1. The molecule has 1 fully saturated rings. The molecule has 6 heteroatoms. The van der Waals surface area contributed by atoms with Gasteiger partial charge in [-0.25, -0.2) is 8.42 Å². The molecule has 0 unspecified atom stereocenters. The summed E-state index contributed by atoms with van der Waals surface area (Å²) in [6.07, 6.45) is 4.69. The Hall–Kier alpha value is -0.880. The molecular weight excluding hydrogens is 250 g/mol. The van der Waals surface area contributed by atoms with Crippen molar-refractivity contribution < 1.29 is 8.42 Å². The lowest BCUT2D eigenvalue weighted by atomic mass is 10.2. The molecule has 2 rings (SSSR count). The molecule has 0 aliphatic carbocycles. The molecule has 1 aromatic rings. The lowest BCUT2D eigenvalue weighted by Crippen LogP contribution is -2.35. The Morgan fingerprint density at radius 1 is 1.22 bits per heavy atom. The summed E-state index contributed by atoms with van der Waals surface area (Å²) < 4.78 is 28.3. The molecule has 0 saturated carbocycles. The molecule has 0 amide bonds. The molecule has 18 heavy (non-hydrogen) atoms. The van der Waals surface area contributed by atoms with Crippen LogP contribution in [0, 0.1) is 6.92 Å². The molecule has 0 radical (unpaired) electrons. The van der Waals surface area contributed by atoms with Gasteiger partial charge in [0.25, 0.3) is 0 Å². The fourth-order valence-corrected chi connectivity index (χ4v) is 3.90. The second kappa shape index (κ2) is 5.01. The van der Waals surface area contributed by atoms with E-state index in [9.17, 15) is 8.42 Å². The maximum Gasteiger partial charge on any atom is 0.246 e. The number of aryl methyl sites for hydroxylation is 1. The molecule has 102 valence electrons. The Labute approximate surface area is 109 Å². The predicted octanol–water partition coefficient (Wildman–Crippen LogP) is 1.95. The number of piperidine rings is 1. The summed E-state index contributed by atoms with van der Waals surface area (Å²) in [5.74, 6) is 0. The monoisotopic (exact) mass is 271 g/mol. The number of aromatic nitrogens is 2. The summed E-state index contributed by atoms with van der Waals surface area (Å²) >= 11 is 0. The van der Waals surface area contributed by atoms with Crippen molar-refractivity contribution in [3.05, 3.63) is 11.9 Å². The summed E-state index contributed by atoms with van der Waals surface area (Å²) in [4.78, 5) is 0.359. The number of hydrogen-bond donors (Lipinski definition) is 0. The lowest BCUT2D eigenvalue weighted by molar-refractivity contribution is 0.346. The van der Waals surface area contributed by atoms with Crippen LogP contribution in [-0.4, -0.2) is 35.6 Å². The average molecular weight is 271 g/mol. The molecule has 0 atom stereocenters. The van der Waals surface area contributed by atoms with Crippen molar-refractivity contribution >= 4 is 10.0 Å². The van der Waals surface area contributed by atoms with Crippen molar-refractivity contribution in [3.8, 4) is 0 Å². The summed E-state index contributed by atoms with van der Waals surface area (Å²) in [7, 11) is -3.36. The molecule has 1 aliphatic rings. The van der Waals surface area contributed by atoms with Gasteiger partial charge in [-0.15, -0.1) is 0 Å². The van der Waals surface area contributed by atoms with Crippen molar-refractivity contribution in [1.29, 1.82) is 0 Å². The van der Waals surface area contributed by atoms with E-state index in [1.165, 1.54) is 0 Å². The molecule has 1 saturated heterocycles. The largest absolute Gasteiger partial charge is 0.269 e.